The number of amides is 1. The van der Waals surface area contributed by atoms with Gasteiger partial charge in [0.25, 0.3) is 0 Å². The third-order valence-corrected chi connectivity index (χ3v) is 2.75. The molecule has 0 aromatic heterocycles. The van der Waals surface area contributed by atoms with E-state index in [9.17, 15) is 9.59 Å². The van der Waals surface area contributed by atoms with Crippen LogP contribution in [0.3, 0.4) is 0 Å². The molecule has 0 heterocycles. The van der Waals surface area contributed by atoms with Gasteiger partial charge in [-0.15, -0.1) is 12.4 Å². The van der Waals surface area contributed by atoms with Crippen LogP contribution >= 0.6 is 12.4 Å². The maximum atomic E-state index is 12.1. The summed E-state index contributed by atoms with van der Waals surface area (Å²) in [4.78, 5) is 23.3. The zero-order chi connectivity index (χ0) is 13.8. The molecule has 0 saturated heterocycles. The van der Waals surface area contributed by atoms with Gasteiger partial charge in [-0.05, 0) is 19.4 Å². The number of methoxy groups -OCH3 is 1. The largest absolute Gasteiger partial charge is 0.467 e. The van der Waals surface area contributed by atoms with Crippen molar-refractivity contribution in [2.75, 3.05) is 7.11 Å². The van der Waals surface area contributed by atoms with E-state index < -0.39 is 23.5 Å². The Balaban J connectivity index is 0.00000324. The van der Waals surface area contributed by atoms with Crippen molar-refractivity contribution in [2.45, 2.75) is 25.4 Å². The Labute approximate surface area is 118 Å². The Morgan fingerprint density at radius 3 is 2.32 bits per heavy atom. The second-order valence-corrected chi connectivity index (χ2v) is 4.29. The van der Waals surface area contributed by atoms with Gasteiger partial charge in [0, 0.05) is 0 Å². The lowest BCUT2D eigenvalue weighted by molar-refractivity contribution is -0.145. The van der Waals surface area contributed by atoms with E-state index in [2.05, 4.69) is 10.1 Å². The molecule has 0 fully saturated rings. The van der Waals surface area contributed by atoms with Crippen molar-refractivity contribution >= 4 is 24.3 Å². The summed E-state index contributed by atoms with van der Waals surface area (Å²) in [7, 11) is 1.27. The molecule has 0 aliphatic rings. The van der Waals surface area contributed by atoms with E-state index in [4.69, 9.17) is 5.73 Å². The average Bonchev–Trinajstić information content (AvgIpc) is 2.38. The molecule has 0 saturated carbocycles. The van der Waals surface area contributed by atoms with Crippen molar-refractivity contribution in [1.82, 2.24) is 5.32 Å². The first-order chi connectivity index (χ1) is 8.39. The number of ether oxygens (including phenoxy) is 1. The predicted octanol–water partition coefficient (Wildman–Crippen LogP) is 0.960. The standard InChI is InChI=1S/C13H18N2O3.ClH/c1-9(11(16)18-3)15-12(17)13(2,14)10-7-5-4-6-8-10;/h4-9H,14H2,1-3H3,(H,15,17);1H/t9-,13?;/m1./s1. The van der Waals surface area contributed by atoms with Crippen LogP contribution in [-0.4, -0.2) is 25.0 Å². The van der Waals surface area contributed by atoms with E-state index in [1.54, 1.807) is 38.1 Å². The first kappa shape index (κ1) is 17.4. The maximum absolute atomic E-state index is 12.1. The molecule has 1 unspecified atom stereocenters. The number of hydrogen-bond acceptors (Lipinski definition) is 4. The fourth-order valence-electron chi connectivity index (χ4n) is 1.50. The van der Waals surface area contributed by atoms with Crippen LogP contribution in [0.15, 0.2) is 30.3 Å². The number of nitrogens with one attached hydrogen (secondary N) is 1. The van der Waals surface area contributed by atoms with Crippen molar-refractivity contribution < 1.29 is 14.3 Å². The summed E-state index contributed by atoms with van der Waals surface area (Å²) in [5, 5.41) is 2.53. The van der Waals surface area contributed by atoms with E-state index in [1.165, 1.54) is 7.11 Å². The summed E-state index contributed by atoms with van der Waals surface area (Å²) in [6, 6.07) is 8.25. The molecule has 3 N–H and O–H groups in total. The second kappa shape index (κ2) is 7.11. The van der Waals surface area contributed by atoms with Crippen molar-refractivity contribution in [3.05, 3.63) is 35.9 Å². The second-order valence-electron chi connectivity index (χ2n) is 4.29. The monoisotopic (exact) mass is 286 g/mol. The lowest BCUT2D eigenvalue weighted by Crippen LogP contribution is -2.53. The third-order valence-electron chi connectivity index (χ3n) is 2.75. The highest BCUT2D eigenvalue weighted by molar-refractivity contribution is 5.90. The number of rotatable bonds is 4. The molecular weight excluding hydrogens is 268 g/mol. The minimum absolute atomic E-state index is 0. The molecule has 106 valence electrons. The van der Waals surface area contributed by atoms with Crippen molar-refractivity contribution in [3.8, 4) is 0 Å². The summed E-state index contributed by atoms with van der Waals surface area (Å²) in [6.07, 6.45) is 0. The first-order valence-electron chi connectivity index (χ1n) is 5.62. The summed E-state index contributed by atoms with van der Waals surface area (Å²) in [5.41, 5.74) is 5.50. The van der Waals surface area contributed by atoms with Crippen LogP contribution in [-0.2, 0) is 19.9 Å². The number of carbonyl (C=O) groups is 2. The summed E-state index contributed by atoms with van der Waals surface area (Å²) >= 11 is 0. The number of halogens is 1. The Hall–Kier alpha value is -1.59. The van der Waals surface area contributed by atoms with Gasteiger partial charge in [-0.25, -0.2) is 4.79 Å². The van der Waals surface area contributed by atoms with Gasteiger partial charge in [-0.3, -0.25) is 4.79 Å². The molecule has 1 aromatic rings. The summed E-state index contributed by atoms with van der Waals surface area (Å²) < 4.78 is 4.54. The third kappa shape index (κ3) is 4.22. The molecular formula is C13H19ClN2O3. The normalized spacial score (nSPS) is 14.5. The molecule has 19 heavy (non-hydrogen) atoms. The van der Waals surface area contributed by atoms with Gasteiger partial charge < -0.3 is 15.8 Å². The molecule has 0 aliphatic carbocycles. The maximum Gasteiger partial charge on any atom is 0.328 e. The van der Waals surface area contributed by atoms with Crippen LogP contribution in [0.4, 0.5) is 0 Å². The molecule has 0 aliphatic heterocycles. The van der Waals surface area contributed by atoms with Crippen molar-refractivity contribution in [2.24, 2.45) is 5.73 Å². The van der Waals surface area contributed by atoms with Gasteiger partial charge in [0.15, 0.2) is 0 Å². The topological polar surface area (TPSA) is 81.4 Å². The summed E-state index contributed by atoms with van der Waals surface area (Å²) in [5.74, 6) is -0.932. The van der Waals surface area contributed by atoms with Gasteiger partial charge in [-0.1, -0.05) is 30.3 Å². The lowest BCUT2D eigenvalue weighted by atomic mass is 9.92. The molecule has 1 rings (SSSR count). The Kier molecular flexibility index (Phi) is 6.52. The van der Waals surface area contributed by atoms with Crippen LogP contribution in [0.1, 0.15) is 19.4 Å². The molecule has 0 spiro atoms. The van der Waals surface area contributed by atoms with Gasteiger partial charge in [0.1, 0.15) is 11.6 Å². The molecule has 0 bridgehead atoms. The van der Waals surface area contributed by atoms with Gasteiger partial charge in [-0.2, -0.15) is 0 Å². The van der Waals surface area contributed by atoms with E-state index in [0.717, 1.165) is 0 Å². The number of esters is 1. The zero-order valence-corrected chi connectivity index (χ0v) is 12.0. The first-order valence-corrected chi connectivity index (χ1v) is 5.62. The molecule has 5 nitrogen and oxygen atoms in total. The Morgan fingerprint density at radius 2 is 1.84 bits per heavy atom. The SMILES string of the molecule is COC(=O)[C@@H](C)NC(=O)C(C)(N)c1ccccc1.Cl. The fraction of sp³-hybridized carbons (Fsp3) is 0.385. The minimum atomic E-state index is -1.19. The number of hydrogen-bond donors (Lipinski definition) is 2. The summed E-state index contributed by atoms with van der Waals surface area (Å²) in [6.45, 7) is 3.15. The van der Waals surface area contributed by atoms with Crippen LogP contribution < -0.4 is 11.1 Å². The van der Waals surface area contributed by atoms with Crippen LogP contribution in [0.2, 0.25) is 0 Å². The highest BCUT2D eigenvalue weighted by atomic mass is 35.5. The highest BCUT2D eigenvalue weighted by Crippen LogP contribution is 2.17. The van der Waals surface area contributed by atoms with Crippen LogP contribution in [0.5, 0.6) is 0 Å². The molecule has 6 heteroatoms. The average molecular weight is 287 g/mol. The zero-order valence-electron chi connectivity index (χ0n) is 11.2. The minimum Gasteiger partial charge on any atom is -0.467 e. The van der Waals surface area contributed by atoms with E-state index in [0.29, 0.717) is 5.56 Å². The van der Waals surface area contributed by atoms with Gasteiger partial charge in [0.05, 0.1) is 7.11 Å². The van der Waals surface area contributed by atoms with Gasteiger partial charge in [0.2, 0.25) is 5.91 Å². The number of nitrogens with two attached hydrogens (primary N) is 1. The lowest BCUT2D eigenvalue weighted by Gasteiger charge is -2.25. The van der Waals surface area contributed by atoms with Crippen LogP contribution in [0.25, 0.3) is 0 Å². The molecule has 0 radical (unpaired) electrons. The quantitative estimate of drug-likeness (QED) is 0.808. The molecule has 1 amide bonds. The Morgan fingerprint density at radius 1 is 1.32 bits per heavy atom. The molecule has 1 aromatic carbocycles. The highest BCUT2D eigenvalue weighted by Gasteiger charge is 2.32. The van der Waals surface area contributed by atoms with E-state index in [1.807, 2.05) is 6.07 Å². The number of benzene rings is 1. The number of carbonyl (C=O) groups excluding carboxylic acids is 2. The van der Waals surface area contributed by atoms with Crippen LogP contribution in [0, 0.1) is 0 Å². The van der Waals surface area contributed by atoms with E-state index in [-0.39, 0.29) is 12.4 Å². The van der Waals surface area contributed by atoms with E-state index >= 15 is 0 Å². The van der Waals surface area contributed by atoms with Crippen molar-refractivity contribution in [3.63, 3.8) is 0 Å². The predicted molar refractivity (Wildman–Crippen MR) is 74.9 cm³/mol. The van der Waals surface area contributed by atoms with Gasteiger partial charge >= 0.3 is 5.97 Å². The smallest absolute Gasteiger partial charge is 0.328 e. The fourth-order valence-corrected chi connectivity index (χ4v) is 1.50. The molecule has 2 atom stereocenters. The Bertz CT molecular complexity index is 435. The van der Waals surface area contributed by atoms with Crippen molar-refractivity contribution in [1.29, 1.82) is 0 Å².